The lowest BCUT2D eigenvalue weighted by atomic mass is 9.94. The molecular formula is C29H42O7. The summed E-state index contributed by atoms with van der Waals surface area (Å²) in [5.41, 5.74) is 1.11. The molecule has 3 aliphatic heterocycles. The topological polar surface area (TPSA) is 64.6 Å². The van der Waals surface area contributed by atoms with Crippen molar-refractivity contribution in [2.24, 2.45) is 0 Å². The van der Waals surface area contributed by atoms with Crippen LogP contribution >= 0.6 is 0 Å². The number of unbranched alkanes of at least 4 members (excludes halogenated alkanes) is 1. The summed E-state index contributed by atoms with van der Waals surface area (Å²) in [5.74, 6) is -0.134. The molecule has 2 saturated carbocycles. The fourth-order valence-electron chi connectivity index (χ4n) is 6.48. The molecule has 5 fully saturated rings. The third-order valence-corrected chi connectivity index (χ3v) is 8.45. The number of hydrogen-bond donors (Lipinski definition) is 0. The zero-order chi connectivity index (χ0) is 24.4. The van der Waals surface area contributed by atoms with Crippen molar-refractivity contribution in [2.45, 2.75) is 133 Å². The first-order chi connectivity index (χ1) is 17.7. The van der Waals surface area contributed by atoms with E-state index in [1.54, 1.807) is 0 Å². The van der Waals surface area contributed by atoms with E-state index in [4.69, 9.17) is 33.2 Å². The maximum Gasteiger partial charge on any atom is 0.190 e. The number of ether oxygens (including phenoxy) is 7. The van der Waals surface area contributed by atoms with Gasteiger partial charge in [0.15, 0.2) is 17.9 Å². The SMILES string of the molecule is CCCCOc1ccc(COC[C@@H]2O[C@@H]3OC4(CCCCC4)O[C@H]3[C@H]3OC4(CCCCC4)O[C@@H]32)cc1. The van der Waals surface area contributed by atoms with Gasteiger partial charge in [0, 0.05) is 25.7 Å². The summed E-state index contributed by atoms with van der Waals surface area (Å²) in [5, 5.41) is 0. The van der Waals surface area contributed by atoms with E-state index in [0.717, 1.165) is 82.1 Å². The molecule has 3 heterocycles. The first-order valence-corrected chi connectivity index (χ1v) is 14.3. The minimum absolute atomic E-state index is 0.184. The summed E-state index contributed by atoms with van der Waals surface area (Å²) >= 11 is 0. The Kier molecular flexibility index (Phi) is 7.57. The second kappa shape index (κ2) is 10.9. The van der Waals surface area contributed by atoms with E-state index in [2.05, 4.69) is 19.1 Å². The zero-order valence-electron chi connectivity index (χ0n) is 21.7. The minimum atomic E-state index is -0.527. The molecule has 36 heavy (non-hydrogen) atoms. The van der Waals surface area contributed by atoms with E-state index in [9.17, 15) is 0 Å². The van der Waals surface area contributed by atoms with Gasteiger partial charge in [-0.25, -0.2) is 0 Å². The van der Waals surface area contributed by atoms with Gasteiger partial charge >= 0.3 is 0 Å². The maximum atomic E-state index is 6.71. The monoisotopic (exact) mass is 502 g/mol. The van der Waals surface area contributed by atoms with Gasteiger partial charge in [-0.1, -0.05) is 38.3 Å². The molecule has 1 aromatic carbocycles. The molecule has 6 rings (SSSR count). The molecule has 2 aliphatic carbocycles. The van der Waals surface area contributed by atoms with Crippen LogP contribution < -0.4 is 4.74 Å². The highest BCUT2D eigenvalue weighted by atomic mass is 16.9. The standard InChI is InChI=1S/C29H42O7/c1-2-3-18-31-22-12-10-21(11-13-22)19-30-20-23-24-25(34-28(33-24)14-6-4-7-15-28)26-27(32-23)36-29(35-26)16-8-5-9-17-29/h10-13,23-27H,2-9,14-20H2,1H3/t23-,24+,25-,26-,27+/m0/s1. The average Bonchev–Trinajstić information content (AvgIpc) is 3.44. The highest BCUT2D eigenvalue weighted by Crippen LogP contribution is 2.50. The van der Waals surface area contributed by atoms with Gasteiger partial charge in [0.1, 0.15) is 30.2 Å². The molecule has 0 radical (unpaired) electrons. The summed E-state index contributed by atoms with van der Waals surface area (Å²) in [6.45, 7) is 3.86. The van der Waals surface area contributed by atoms with Crippen molar-refractivity contribution in [3.63, 3.8) is 0 Å². The van der Waals surface area contributed by atoms with E-state index in [1.165, 1.54) is 12.8 Å². The molecule has 0 aromatic heterocycles. The number of fused-ring (bicyclic) bond motifs is 3. The van der Waals surface area contributed by atoms with Gasteiger partial charge in [-0.15, -0.1) is 0 Å². The van der Waals surface area contributed by atoms with Gasteiger partial charge in [-0.2, -0.15) is 0 Å². The molecule has 200 valence electrons. The van der Waals surface area contributed by atoms with Crippen LogP contribution in [0.25, 0.3) is 0 Å². The number of benzene rings is 1. The molecule has 3 saturated heterocycles. The first-order valence-electron chi connectivity index (χ1n) is 14.3. The first kappa shape index (κ1) is 25.1. The smallest absolute Gasteiger partial charge is 0.190 e. The van der Waals surface area contributed by atoms with Crippen molar-refractivity contribution in [1.82, 2.24) is 0 Å². The van der Waals surface area contributed by atoms with Crippen molar-refractivity contribution < 1.29 is 33.2 Å². The molecular weight excluding hydrogens is 460 g/mol. The van der Waals surface area contributed by atoms with Crippen LogP contribution in [0.1, 0.15) is 89.5 Å². The molecule has 5 atom stereocenters. The van der Waals surface area contributed by atoms with Gasteiger partial charge in [-0.3, -0.25) is 0 Å². The fourth-order valence-corrected chi connectivity index (χ4v) is 6.48. The Hall–Kier alpha value is -1.22. The lowest BCUT2D eigenvalue weighted by Crippen LogP contribution is -2.56. The Morgan fingerprint density at radius 2 is 1.42 bits per heavy atom. The summed E-state index contributed by atoms with van der Waals surface area (Å²) < 4.78 is 44.9. The molecule has 7 nitrogen and oxygen atoms in total. The van der Waals surface area contributed by atoms with Crippen molar-refractivity contribution >= 4 is 0 Å². The summed E-state index contributed by atoms with van der Waals surface area (Å²) in [6, 6.07) is 8.16. The summed E-state index contributed by atoms with van der Waals surface area (Å²) in [7, 11) is 0. The maximum absolute atomic E-state index is 6.71. The number of rotatable bonds is 8. The third kappa shape index (κ3) is 5.20. The highest BCUT2D eigenvalue weighted by molar-refractivity contribution is 5.26. The van der Waals surface area contributed by atoms with E-state index in [1.807, 2.05) is 12.1 Å². The normalized spacial score (nSPS) is 34.5. The fraction of sp³-hybridized carbons (Fsp3) is 0.793. The van der Waals surface area contributed by atoms with Gasteiger partial charge < -0.3 is 33.2 Å². The summed E-state index contributed by atoms with van der Waals surface area (Å²) in [4.78, 5) is 0. The van der Waals surface area contributed by atoms with E-state index in [-0.39, 0.29) is 24.4 Å². The van der Waals surface area contributed by atoms with Gasteiger partial charge in [0.25, 0.3) is 0 Å². The molecule has 0 N–H and O–H groups in total. The Labute approximate surface area is 215 Å². The van der Waals surface area contributed by atoms with Crippen LogP contribution in [0.15, 0.2) is 24.3 Å². The van der Waals surface area contributed by atoms with Crippen LogP contribution in [0.5, 0.6) is 5.75 Å². The van der Waals surface area contributed by atoms with Gasteiger partial charge in [0.2, 0.25) is 0 Å². The molecule has 5 aliphatic rings. The van der Waals surface area contributed by atoms with E-state index >= 15 is 0 Å². The van der Waals surface area contributed by atoms with Crippen molar-refractivity contribution in [1.29, 1.82) is 0 Å². The largest absolute Gasteiger partial charge is 0.494 e. The third-order valence-electron chi connectivity index (χ3n) is 8.45. The lowest BCUT2D eigenvalue weighted by molar-refractivity contribution is -0.256. The Morgan fingerprint density at radius 1 is 0.778 bits per heavy atom. The van der Waals surface area contributed by atoms with Crippen LogP contribution in [0.3, 0.4) is 0 Å². The minimum Gasteiger partial charge on any atom is -0.494 e. The second-order valence-corrected chi connectivity index (χ2v) is 11.2. The van der Waals surface area contributed by atoms with E-state index < -0.39 is 17.9 Å². The van der Waals surface area contributed by atoms with Crippen LogP contribution in [-0.2, 0) is 35.0 Å². The van der Waals surface area contributed by atoms with Crippen LogP contribution in [0.2, 0.25) is 0 Å². The molecule has 2 spiro atoms. The molecule has 0 bridgehead atoms. The van der Waals surface area contributed by atoms with Crippen molar-refractivity contribution in [2.75, 3.05) is 13.2 Å². The number of hydrogen-bond acceptors (Lipinski definition) is 7. The van der Waals surface area contributed by atoms with Crippen molar-refractivity contribution in [3.8, 4) is 5.75 Å². The molecule has 1 aromatic rings. The van der Waals surface area contributed by atoms with Crippen LogP contribution in [0.4, 0.5) is 0 Å². The predicted molar refractivity (Wildman–Crippen MR) is 132 cm³/mol. The highest BCUT2D eigenvalue weighted by Gasteiger charge is 2.63. The predicted octanol–water partition coefficient (Wildman–Crippen LogP) is 5.63. The molecule has 7 heteroatoms. The second-order valence-electron chi connectivity index (χ2n) is 11.2. The average molecular weight is 503 g/mol. The van der Waals surface area contributed by atoms with Crippen molar-refractivity contribution in [3.05, 3.63) is 29.8 Å². The molecule has 0 unspecified atom stereocenters. The van der Waals surface area contributed by atoms with Crippen LogP contribution in [0, 0.1) is 0 Å². The van der Waals surface area contributed by atoms with Crippen LogP contribution in [-0.4, -0.2) is 55.5 Å². The zero-order valence-corrected chi connectivity index (χ0v) is 21.7. The summed E-state index contributed by atoms with van der Waals surface area (Å²) in [6.07, 6.45) is 11.6. The Morgan fingerprint density at radius 3 is 2.11 bits per heavy atom. The quantitative estimate of drug-likeness (QED) is 0.427. The van der Waals surface area contributed by atoms with Gasteiger partial charge in [-0.05, 0) is 49.8 Å². The lowest BCUT2D eigenvalue weighted by Gasteiger charge is -2.37. The Balaban J connectivity index is 1.10. The molecule has 0 amide bonds. The van der Waals surface area contributed by atoms with E-state index in [0.29, 0.717) is 13.2 Å². The Bertz CT molecular complexity index is 846. The van der Waals surface area contributed by atoms with Gasteiger partial charge in [0.05, 0.1) is 19.8 Å².